The summed E-state index contributed by atoms with van der Waals surface area (Å²) in [5.41, 5.74) is 0.784. The third-order valence-corrected chi connectivity index (χ3v) is 4.46. The molecule has 6 heteroatoms. The van der Waals surface area contributed by atoms with E-state index in [-0.39, 0.29) is 24.7 Å². The fraction of sp³-hybridized carbons (Fsp3) is 0.500. The van der Waals surface area contributed by atoms with Crippen LogP contribution in [-0.4, -0.2) is 17.8 Å². The maximum absolute atomic E-state index is 12.3. The molecule has 6 nitrogen and oxygen atoms in total. The summed E-state index contributed by atoms with van der Waals surface area (Å²) in [6, 6.07) is 6.81. The number of rotatable bonds is 6. The van der Waals surface area contributed by atoms with E-state index in [0.717, 1.165) is 32.1 Å². The summed E-state index contributed by atoms with van der Waals surface area (Å²) in [5, 5.41) is 16.5. The molecule has 0 aromatic heterocycles. The van der Waals surface area contributed by atoms with Crippen molar-refractivity contribution in [1.82, 2.24) is 0 Å². The van der Waals surface area contributed by atoms with E-state index in [9.17, 15) is 19.5 Å². The Kier molecular flexibility index (Phi) is 5.95. The van der Waals surface area contributed by atoms with E-state index in [1.54, 1.807) is 24.3 Å². The molecule has 1 aliphatic rings. The Bertz CT molecular complexity index is 604. The van der Waals surface area contributed by atoms with E-state index in [2.05, 4.69) is 10.6 Å². The highest BCUT2D eigenvalue weighted by atomic mass is 16.4. The lowest BCUT2D eigenvalue weighted by atomic mass is 9.69. The van der Waals surface area contributed by atoms with Gasteiger partial charge < -0.3 is 20.5 Å². The number of carboxylic acid groups (broad SMARTS) is 1. The quantitative estimate of drug-likeness (QED) is 0.833. The highest BCUT2D eigenvalue weighted by molar-refractivity contribution is 5.92. The van der Waals surface area contributed by atoms with Crippen LogP contribution in [0.15, 0.2) is 24.3 Å². The van der Waals surface area contributed by atoms with Crippen LogP contribution in [-0.2, 0) is 14.4 Å². The molecule has 24 heavy (non-hydrogen) atoms. The summed E-state index contributed by atoms with van der Waals surface area (Å²) in [7, 11) is 0. The lowest BCUT2D eigenvalue weighted by Crippen LogP contribution is -2.36. The number of benzene rings is 1. The molecule has 1 aliphatic carbocycles. The van der Waals surface area contributed by atoms with Gasteiger partial charge in [-0.15, -0.1) is 0 Å². The molecule has 2 amide bonds. The minimum Gasteiger partial charge on any atom is -0.550 e. The number of aliphatic carboxylic acids is 1. The molecule has 1 saturated carbocycles. The molecule has 0 radical (unpaired) electrons. The largest absolute Gasteiger partial charge is 0.550 e. The Morgan fingerprint density at radius 2 is 1.50 bits per heavy atom. The number of hydrogen-bond acceptors (Lipinski definition) is 4. The standard InChI is InChI=1S/C18H24N2O4/c1-13(21)19-14-5-7-15(8-6-14)20-16(22)11-18(12-17(23)24)9-3-2-4-10-18/h5-8H,2-4,9-12H2,1H3,(H,19,21)(H,20,22)(H,23,24)/p-1. The van der Waals surface area contributed by atoms with Crippen molar-refractivity contribution >= 4 is 29.2 Å². The zero-order chi connectivity index (χ0) is 17.6. The van der Waals surface area contributed by atoms with Crippen molar-refractivity contribution in [1.29, 1.82) is 0 Å². The topological polar surface area (TPSA) is 98.3 Å². The number of nitrogens with one attached hydrogen (secondary N) is 2. The van der Waals surface area contributed by atoms with Crippen molar-refractivity contribution < 1.29 is 19.5 Å². The molecule has 130 valence electrons. The first kappa shape index (κ1) is 18.0. The number of amides is 2. The van der Waals surface area contributed by atoms with Gasteiger partial charge in [-0.05, 0) is 48.9 Å². The molecule has 0 aliphatic heterocycles. The first-order chi connectivity index (χ1) is 11.4. The van der Waals surface area contributed by atoms with E-state index >= 15 is 0 Å². The average Bonchev–Trinajstić information content (AvgIpc) is 2.48. The van der Waals surface area contributed by atoms with Crippen LogP contribution in [0, 0.1) is 5.41 Å². The van der Waals surface area contributed by atoms with Crippen molar-refractivity contribution in [2.24, 2.45) is 5.41 Å². The van der Waals surface area contributed by atoms with Gasteiger partial charge in [0.05, 0.1) is 0 Å². The van der Waals surface area contributed by atoms with Gasteiger partial charge in [-0.2, -0.15) is 0 Å². The summed E-state index contributed by atoms with van der Waals surface area (Å²) < 4.78 is 0. The Morgan fingerprint density at radius 3 is 2.00 bits per heavy atom. The van der Waals surface area contributed by atoms with Gasteiger partial charge in [0, 0.05) is 30.7 Å². The molecular formula is C18H23N2O4-. The lowest BCUT2D eigenvalue weighted by Gasteiger charge is -2.37. The van der Waals surface area contributed by atoms with Gasteiger partial charge in [0.2, 0.25) is 11.8 Å². The van der Waals surface area contributed by atoms with Gasteiger partial charge in [-0.1, -0.05) is 19.3 Å². The molecule has 0 saturated heterocycles. The zero-order valence-electron chi connectivity index (χ0n) is 13.9. The van der Waals surface area contributed by atoms with Crippen molar-refractivity contribution in [3.63, 3.8) is 0 Å². The molecule has 0 spiro atoms. The van der Waals surface area contributed by atoms with Gasteiger partial charge in [0.1, 0.15) is 0 Å². The lowest BCUT2D eigenvalue weighted by molar-refractivity contribution is -0.308. The number of carboxylic acids is 1. The van der Waals surface area contributed by atoms with E-state index in [1.165, 1.54) is 6.92 Å². The predicted molar refractivity (Wildman–Crippen MR) is 89.1 cm³/mol. The zero-order valence-corrected chi connectivity index (χ0v) is 13.9. The summed E-state index contributed by atoms with van der Waals surface area (Å²) in [5.74, 6) is -1.44. The van der Waals surface area contributed by atoms with Crippen LogP contribution in [0.2, 0.25) is 0 Å². The minimum absolute atomic E-state index is 0.0676. The molecule has 0 atom stereocenters. The maximum atomic E-state index is 12.3. The Hall–Kier alpha value is -2.37. The molecule has 1 fully saturated rings. The van der Waals surface area contributed by atoms with Crippen LogP contribution < -0.4 is 15.7 Å². The van der Waals surface area contributed by atoms with E-state index in [1.807, 2.05) is 0 Å². The average molecular weight is 331 g/mol. The van der Waals surface area contributed by atoms with Crippen molar-refractivity contribution in [3.8, 4) is 0 Å². The molecule has 0 unspecified atom stereocenters. The van der Waals surface area contributed by atoms with Gasteiger partial charge in [-0.3, -0.25) is 9.59 Å². The van der Waals surface area contributed by atoms with Crippen molar-refractivity contribution in [3.05, 3.63) is 24.3 Å². The summed E-state index contributed by atoms with van der Waals surface area (Å²) in [4.78, 5) is 34.4. The monoisotopic (exact) mass is 331 g/mol. The van der Waals surface area contributed by atoms with E-state index in [4.69, 9.17) is 0 Å². The maximum Gasteiger partial charge on any atom is 0.224 e. The second-order valence-corrected chi connectivity index (χ2v) is 6.59. The summed E-state index contributed by atoms with van der Waals surface area (Å²) >= 11 is 0. The number of anilines is 2. The molecule has 1 aromatic carbocycles. The first-order valence-corrected chi connectivity index (χ1v) is 8.26. The fourth-order valence-corrected chi connectivity index (χ4v) is 3.41. The second kappa shape index (κ2) is 7.95. The van der Waals surface area contributed by atoms with Crippen LogP contribution in [0.5, 0.6) is 0 Å². The smallest absolute Gasteiger partial charge is 0.224 e. The van der Waals surface area contributed by atoms with Crippen LogP contribution in [0.4, 0.5) is 11.4 Å². The molecular weight excluding hydrogens is 308 g/mol. The van der Waals surface area contributed by atoms with E-state index in [0.29, 0.717) is 11.4 Å². The van der Waals surface area contributed by atoms with Crippen LogP contribution in [0.1, 0.15) is 51.9 Å². The van der Waals surface area contributed by atoms with Gasteiger partial charge in [0.15, 0.2) is 0 Å². The minimum atomic E-state index is -1.09. The molecule has 1 aromatic rings. The first-order valence-electron chi connectivity index (χ1n) is 8.26. The summed E-state index contributed by atoms with van der Waals surface area (Å²) in [6.07, 6.45) is 4.60. The normalized spacial score (nSPS) is 16.2. The van der Waals surface area contributed by atoms with Crippen LogP contribution >= 0.6 is 0 Å². The Balaban J connectivity index is 1.97. The molecule has 0 bridgehead atoms. The number of hydrogen-bond donors (Lipinski definition) is 2. The van der Waals surface area contributed by atoms with Gasteiger partial charge in [-0.25, -0.2) is 0 Å². The number of carbonyl (C=O) groups is 3. The fourth-order valence-electron chi connectivity index (χ4n) is 3.41. The predicted octanol–water partition coefficient (Wildman–Crippen LogP) is 2.06. The Labute approximate surface area is 141 Å². The van der Waals surface area contributed by atoms with Crippen LogP contribution in [0.3, 0.4) is 0 Å². The Morgan fingerprint density at radius 1 is 0.958 bits per heavy atom. The third kappa shape index (κ3) is 5.37. The van der Waals surface area contributed by atoms with Gasteiger partial charge in [0.25, 0.3) is 0 Å². The number of carbonyl (C=O) groups excluding carboxylic acids is 3. The summed E-state index contributed by atoms with van der Waals surface area (Å²) in [6.45, 7) is 1.43. The highest BCUT2D eigenvalue weighted by Crippen LogP contribution is 2.42. The SMILES string of the molecule is CC(=O)Nc1ccc(NC(=O)CC2(CC(=O)[O-])CCCCC2)cc1. The molecule has 2 N–H and O–H groups in total. The van der Waals surface area contributed by atoms with Gasteiger partial charge >= 0.3 is 0 Å². The van der Waals surface area contributed by atoms with Crippen molar-refractivity contribution in [2.45, 2.75) is 51.9 Å². The van der Waals surface area contributed by atoms with Crippen LogP contribution in [0.25, 0.3) is 0 Å². The highest BCUT2D eigenvalue weighted by Gasteiger charge is 2.34. The molecule has 2 rings (SSSR count). The van der Waals surface area contributed by atoms with Crippen molar-refractivity contribution in [2.75, 3.05) is 10.6 Å². The van der Waals surface area contributed by atoms with E-state index < -0.39 is 11.4 Å². The molecule has 0 heterocycles. The second-order valence-electron chi connectivity index (χ2n) is 6.59. The third-order valence-electron chi connectivity index (χ3n) is 4.46.